The molecule has 0 saturated heterocycles. The van der Waals surface area contributed by atoms with Gasteiger partial charge in [0.05, 0.1) is 11.7 Å². The second-order valence-corrected chi connectivity index (χ2v) is 5.39. The SMILES string of the molecule is CCC1CCSC(Nc2ccccc2OC(F)(F)F)=N1. The van der Waals surface area contributed by atoms with Gasteiger partial charge in [-0.05, 0) is 25.0 Å². The third-order valence-corrected chi connectivity index (χ3v) is 3.74. The highest BCUT2D eigenvalue weighted by Crippen LogP contribution is 2.31. The van der Waals surface area contributed by atoms with Crippen molar-refractivity contribution in [1.29, 1.82) is 0 Å². The fourth-order valence-corrected chi connectivity index (χ4v) is 2.81. The minimum absolute atomic E-state index is 0.231. The summed E-state index contributed by atoms with van der Waals surface area (Å²) in [7, 11) is 0. The first kappa shape index (κ1) is 15.0. The summed E-state index contributed by atoms with van der Waals surface area (Å²) in [5.74, 6) is 0.661. The van der Waals surface area contributed by atoms with Gasteiger partial charge in [-0.2, -0.15) is 0 Å². The molecule has 0 saturated carbocycles. The lowest BCUT2D eigenvalue weighted by molar-refractivity contribution is -0.274. The summed E-state index contributed by atoms with van der Waals surface area (Å²) in [6, 6.07) is 6.20. The molecule has 1 aliphatic rings. The number of anilines is 1. The fraction of sp³-hybridized carbons (Fsp3) is 0.462. The molecule has 1 aliphatic heterocycles. The van der Waals surface area contributed by atoms with E-state index in [1.807, 2.05) is 6.92 Å². The van der Waals surface area contributed by atoms with Crippen LogP contribution in [-0.2, 0) is 0 Å². The van der Waals surface area contributed by atoms with E-state index in [0.29, 0.717) is 5.17 Å². The average molecular weight is 304 g/mol. The van der Waals surface area contributed by atoms with Crippen LogP contribution in [0.3, 0.4) is 0 Å². The van der Waals surface area contributed by atoms with E-state index >= 15 is 0 Å². The van der Waals surface area contributed by atoms with Gasteiger partial charge >= 0.3 is 6.36 Å². The Labute approximate surface area is 119 Å². The van der Waals surface area contributed by atoms with Crippen molar-refractivity contribution in [2.75, 3.05) is 11.1 Å². The quantitative estimate of drug-likeness (QED) is 0.905. The lowest BCUT2D eigenvalue weighted by Gasteiger charge is -2.21. The van der Waals surface area contributed by atoms with Crippen LogP contribution in [0.2, 0.25) is 0 Å². The highest BCUT2D eigenvalue weighted by Gasteiger charge is 2.32. The number of rotatable bonds is 3. The number of thioether (sulfide) groups is 1. The largest absolute Gasteiger partial charge is 0.573 e. The molecular formula is C13H15F3N2OS. The Morgan fingerprint density at radius 3 is 2.85 bits per heavy atom. The van der Waals surface area contributed by atoms with Crippen LogP contribution < -0.4 is 10.1 Å². The lowest BCUT2D eigenvalue weighted by atomic mass is 10.2. The van der Waals surface area contributed by atoms with Gasteiger partial charge in [-0.1, -0.05) is 30.8 Å². The van der Waals surface area contributed by atoms with Gasteiger partial charge in [0, 0.05) is 5.75 Å². The minimum Gasteiger partial charge on any atom is -0.404 e. The van der Waals surface area contributed by atoms with Crippen LogP contribution in [0.15, 0.2) is 29.3 Å². The molecule has 0 radical (unpaired) electrons. The second-order valence-electron chi connectivity index (χ2n) is 4.30. The van der Waals surface area contributed by atoms with E-state index in [1.54, 1.807) is 12.1 Å². The van der Waals surface area contributed by atoms with Crippen molar-refractivity contribution in [1.82, 2.24) is 0 Å². The molecule has 0 amide bonds. The van der Waals surface area contributed by atoms with E-state index in [9.17, 15) is 13.2 Å². The molecule has 0 aliphatic carbocycles. The predicted octanol–water partition coefficient (Wildman–Crippen LogP) is 4.27. The first-order valence-electron chi connectivity index (χ1n) is 6.30. The first-order valence-corrected chi connectivity index (χ1v) is 7.29. The molecule has 7 heteroatoms. The van der Waals surface area contributed by atoms with Crippen LogP contribution in [0, 0.1) is 0 Å². The van der Waals surface area contributed by atoms with Gasteiger partial charge in [-0.3, -0.25) is 4.99 Å². The maximum absolute atomic E-state index is 12.3. The molecule has 1 atom stereocenters. The third-order valence-electron chi connectivity index (χ3n) is 2.82. The number of benzene rings is 1. The van der Waals surface area contributed by atoms with E-state index < -0.39 is 6.36 Å². The number of alkyl halides is 3. The molecule has 20 heavy (non-hydrogen) atoms. The van der Waals surface area contributed by atoms with Crippen LogP contribution >= 0.6 is 11.8 Å². The van der Waals surface area contributed by atoms with Crippen LogP contribution in [0.5, 0.6) is 5.75 Å². The molecule has 0 spiro atoms. The predicted molar refractivity (Wildman–Crippen MR) is 75.3 cm³/mol. The third kappa shape index (κ3) is 4.33. The van der Waals surface area contributed by atoms with Crippen molar-refractivity contribution in [2.24, 2.45) is 4.99 Å². The number of ether oxygens (including phenoxy) is 1. The van der Waals surface area contributed by atoms with Crippen LogP contribution in [0.4, 0.5) is 18.9 Å². The van der Waals surface area contributed by atoms with Gasteiger partial charge in [0.15, 0.2) is 10.9 Å². The Morgan fingerprint density at radius 1 is 1.40 bits per heavy atom. The topological polar surface area (TPSA) is 33.6 Å². The Balaban J connectivity index is 2.15. The maximum atomic E-state index is 12.3. The molecule has 1 aromatic rings. The Hall–Kier alpha value is -1.37. The zero-order chi connectivity index (χ0) is 14.6. The highest BCUT2D eigenvalue weighted by molar-refractivity contribution is 8.14. The zero-order valence-electron chi connectivity index (χ0n) is 10.9. The lowest BCUT2D eigenvalue weighted by Crippen LogP contribution is -2.21. The minimum atomic E-state index is -4.70. The molecule has 1 N–H and O–H groups in total. The highest BCUT2D eigenvalue weighted by atomic mass is 32.2. The van der Waals surface area contributed by atoms with Crippen molar-refractivity contribution < 1.29 is 17.9 Å². The van der Waals surface area contributed by atoms with Crippen LogP contribution in [0.1, 0.15) is 19.8 Å². The number of hydrogen-bond acceptors (Lipinski definition) is 4. The number of aliphatic imine (C=N–C) groups is 1. The van der Waals surface area contributed by atoms with Gasteiger partial charge in [0.25, 0.3) is 0 Å². The Kier molecular flexibility index (Phi) is 4.80. The molecule has 0 aromatic heterocycles. The Bertz CT molecular complexity index is 491. The monoisotopic (exact) mass is 304 g/mol. The van der Waals surface area contributed by atoms with Gasteiger partial charge in [-0.25, -0.2) is 0 Å². The van der Waals surface area contributed by atoms with E-state index in [0.717, 1.165) is 18.6 Å². The summed E-state index contributed by atoms with van der Waals surface area (Å²) in [4.78, 5) is 4.46. The van der Waals surface area contributed by atoms with E-state index in [2.05, 4.69) is 15.0 Å². The molecule has 2 rings (SSSR count). The fourth-order valence-electron chi connectivity index (χ4n) is 1.82. The summed E-state index contributed by atoms with van der Waals surface area (Å²) in [5, 5.41) is 3.56. The summed E-state index contributed by atoms with van der Waals surface area (Å²) in [5.41, 5.74) is 0.271. The normalized spacial score (nSPS) is 19.4. The van der Waals surface area contributed by atoms with Gasteiger partial charge < -0.3 is 10.1 Å². The standard InChI is InChI=1S/C13H15F3N2OS/c1-2-9-7-8-20-12(17-9)18-10-5-3-4-6-11(10)19-13(14,15)16/h3-6,9H,2,7-8H2,1H3,(H,17,18). The molecule has 1 aromatic carbocycles. The molecule has 1 heterocycles. The van der Waals surface area contributed by atoms with Gasteiger partial charge in [0.2, 0.25) is 0 Å². The Morgan fingerprint density at radius 2 is 2.15 bits per heavy atom. The number of nitrogens with zero attached hydrogens (tertiary/aromatic N) is 1. The van der Waals surface area contributed by atoms with E-state index in [4.69, 9.17) is 0 Å². The van der Waals surface area contributed by atoms with E-state index in [-0.39, 0.29) is 17.5 Å². The molecule has 0 fully saturated rings. The van der Waals surface area contributed by atoms with Crippen molar-refractivity contribution in [3.8, 4) is 5.75 Å². The van der Waals surface area contributed by atoms with Crippen molar-refractivity contribution in [3.63, 3.8) is 0 Å². The van der Waals surface area contributed by atoms with Gasteiger partial charge in [-0.15, -0.1) is 13.2 Å². The molecule has 3 nitrogen and oxygen atoms in total. The molecule has 0 bridgehead atoms. The van der Waals surface area contributed by atoms with Crippen LogP contribution in [0.25, 0.3) is 0 Å². The smallest absolute Gasteiger partial charge is 0.404 e. The number of nitrogens with one attached hydrogen (secondary N) is 1. The van der Waals surface area contributed by atoms with Gasteiger partial charge in [0.1, 0.15) is 0 Å². The number of amidine groups is 1. The summed E-state index contributed by atoms with van der Waals surface area (Å²) >= 11 is 1.51. The number of halogens is 3. The first-order chi connectivity index (χ1) is 9.48. The summed E-state index contributed by atoms with van der Waals surface area (Å²) < 4.78 is 41.0. The molecular weight excluding hydrogens is 289 g/mol. The average Bonchev–Trinajstić information content (AvgIpc) is 2.40. The van der Waals surface area contributed by atoms with Crippen molar-refractivity contribution in [3.05, 3.63) is 24.3 Å². The van der Waals surface area contributed by atoms with E-state index in [1.165, 1.54) is 23.9 Å². The number of para-hydroxylation sites is 2. The second kappa shape index (κ2) is 6.39. The molecule has 1 unspecified atom stereocenters. The van der Waals surface area contributed by atoms with Crippen molar-refractivity contribution in [2.45, 2.75) is 32.2 Å². The van der Waals surface area contributed by atoms with Crippen LogP contribution in [-0.4, -0.2) is 23.3 Å². The van der Waals surface area contributed by atoms with Crippen molar-refractivity contribution >= 4 is 22.6 Å². The summed E-state index contributed by atoms with van der Waals surface area (Å²) in [6.45, 7) is 2.04. The maximum Gasteiger partial charge on any atom is 0.573 e. The summed E-state index contributed by atoms with van der Waals surface area (Å²) in [6.07, 6.45) is -2.79. The molecule has 110 valence electrons. The zero-order valence-corrected chi connectivity index (χ0v) is 11.7. The number of hydrogen-bond donors (Lipinski definition) is 1.